The van der Waals surface area contributed by atoms with E-state index in [1.54, 1.807) is 24.3 Å². The summed E-state index contributed by atoms with van der Waals surface area (Å²) in [5.74, 6) is -3.11. The van der Waals surface area contributed by atoms with Crippen molar-refractivity contribution < 1.29 is 24.0 Å². The van der Waals surface area contributed by atoms with E-state index in [1.165, 1.54) is 30.4 Å². The quantitative estimate of drug-likeness (QED) is 0.130. The lowest BCUT2D eigenvalue weighted by Crippen LogP contribution is -2.54. The van der Waals surface area contributed by atoms with E-state index in [0.29, 0.717) is 5.69 Å². The van der Waals surface area contributed by atoms with Crippen LogP contribution in [0.4, 0.5) is 11.4 Å². The smallest absolute Gasteiger partial charge is 0.275 e. The van der Waals surface area contributed by atoms with Crippen molar-refractivity contribution in [3.8, 4) is 5.75 Å². The molecule has 1 heterocycles. The summed E-state index contributed by atoms with van der Waals surface area (Å²) >= 11 is 3.42. The minimum atomic E-state index is -1.19. The maximum absolute atomic E-state index is 14.4. The topological polar surface area (TPSA) is 131 Å². The molecule has 10 nitrogen and oxygen atoms in total. The van der Waals surface area contributed by atoms with Gasteiger partial charge in [-0.05, 0) is 52.6 Å². The van der Waals surface area contributed by atoms with Gasteiger partial charge in [0, 0.05) is 28.7 Å². The van der Waals surface area contributed by atoms with E-state index in [4.69, 9.17) is 4.74 Å². The van der Waals surface area contributed by atoms with Crippen molar-refractivity contribution in [1.29, 1.82) is 0 Å². The predicted octanol–water partition coefficient (Wildman–Crippen LogP) is 5.33. The van der Waals surface area contributed by atoms with Crippen LogP contribution in [0, 0.1) is 22.0 Å². The molecule has 0 radical (unpaired) electrons. The SMILES string of the molecule is COc1ccc([N+](=O)[O-])cc1C(=O)N/N=C\C12c3ccccc3C(c3ccccc31)[C@H]1C(=O)N(c3ccc(Br)cc3)C(=O)[C@@H]12. The summed E-state index contributed by atoms with van der Waals surface area (Å²) in [4.78, 5) is 53.9. The van der Waals surface area contributed by atoms with Gasteiger partial charge >= 0.3 is 0 Å². The number of rotatable bonds is 6. The van der Waals surface area contributed by atoms with Crippen molar-refractivity contribution in [3.63, 3.8) is 0 Å². The first-order chi connectivity index (χ1) is 21.3. The van der Waals surface area contributed by atoms with Crippen LogP contribution in [0.25, 0.3) is 0 Å². The molecular weight excluding hydrogens is 628 g/mol. The van der Waals surface area contributed by atoms with Crippen molar-refractivity contribution in [2.45, 2.75) is 11.3 Å². The number of hydrogen-bond donors (Lipinski definition) is 1. The number of halogens is 1. The second-order valence-electron chi connectivity index (χ2n) is 10.9. The Morgan fingerprint density at radius 3 is 2.23 bits per heavy atom. The number of nitrogens with zero attached hydrogens (tertiary/aromatic N) is 3. The molecule has 1 aliphatic heterocycles. The van der Waals surface area contributed by atoms with Crippen LogP contribution in [0.15, 0.2) is 101 Å². The zero-order chi connectivity index (χ0) is 30.7. The summed E-state index contributed by atoms with van der Waals surface area (Å²) in [5, 5.41) is 15.7. The molecule has 2 bridgehead atoms. The van der Waals surface area contributed by atoms with Crippen molar-refractivity contribution in [3.05, 3.63) is 133 Å². The Morgan fingerprint density at radius 1 is 0.977 bits per heavy atom. The molecule has 4 aromatic carbocycles. The summed E-state index contributed by atoms with van der Waals surface area (Å²) < 4.78 is 6.07. The second-order valence-corrected chi connectivity index (χ2v) is 11.8. The summed E-state index contributed by atoms with van der Waals surface area (Å²) in [7, 11) is 1.36. The third-order valence-electron chi connectivity index (χ3n) is 8.84. The monoisotopic (exact) mass is 650 g/mol. The normalized spacial score (nSPS) is 22.9. The minimum absolute atomic E-state index is 0.0732. The largest absolute Gasteiger partial charge is 0.496 e. The van der Waals surface area contributed by atoms with Crippen LogP contribution in [-0.4, -0.2) is 36.0 Å². The van der Waals surface area contributed by atoms with E-state index < -0.39 is 28.1 Å². The Labute approximate surface area is 259 Å². The number of ether oxygens (including phenoxy) is 1. The van der Waals surface area contributed by atoms with E-state index in [-0.39, 0.29) is 34.7 Å². The number of nitrogens with one attached hydrogen (secondary N) is 1. The van der Waals surface area contributed by atoms with Gasteiger partial charge in [0.25, 0.3) is 11.6 Å². The lowest BCUT2D eigenvalue weighted by atomic mass is 9.47. The molecule has 1 saturated heterocycles. The average Bonchev–Trinajstić information content (AvgIpc) is 3.31. The number of imide groups is 1. The molecule has 0 unspecified atom stereocenters. The molecule has 3 aliphatic carbocycles. The van der Waals surface area contributed by atoms with Crippen molar-refractivity contribution in [2.75, 3.05) is 12.0 Å². The first-order valence-corrected chi connectivity index (χ1v) is 14.6. The van der Waals surface area contributed by atoms with Gasteiger partial charge in [-0.25, -0.2) is 10.3 Å². The van der Waals surface area contributed by atoms with Crippen LogP contribution in [0.2, 0.25) is 0 Å². The molecule has 4 aromatic rings. The number of non-ortho nitro benzene ring substituents is 1. The third-order valence-corrected chi connectivity index (χ3v) is 9.37. The van der Waals surface area contributed by atoms with Gasteiger partial charge in [0.05, 0.1) is 40.5 Å². The second kappa shape index (κ2) is 10.2. The van der Waals surface area contributed by atoms with Gasteiger partial charge in [0.15, 0.2) is 0 Å². The van der Waals surface area contributed by atoms with Gasteiger partial charge < -0.3 is 4.74 Å². The van der Waals surface area contributed by atoms with E-state index in [2.05, 4.69) is 26.5 Å². The number of carbonyl (C=O) groups excluding carboxylic acids is 3. The van der Waals surface area contributed by atoms with Crippen molar-refractivity contribution in [2.24, 2.45) is 16.9 Å². The highest BCUT2D eigenvalue weighted by Gasteiger charge is 2.68. The van der Waals surface area contributed by atoms with Gasteiger partial charge in [0.2, 0.25) is 11.8 Å². The Morgan fingerprint density at radius 2 is 1.61 bits per heavy atom. The number of nitro groups is 1. The number of nitro benzene ring substituents is 1. The molecule has 1 fully saturated rings. The van der Waals surface area contributed by atoms with Gasteiger partial charge in [-0.15, -0.1) is 0 Å². The summed E-state index contributed by atoms with van der Waals surface area (Å²) in [6, 6.07) is 26.1. The third kappa shape index (κ3) is 3.85. The molecular formula is C33H23BrN4O6. The number of benzene rings is 4. The van der Waals surface area contributed by atoms with Gasteiger partial charge in [-0.1, -0.05) is 64.5 Å². The predicted molar refractivity (Wildman–Crippen MR) is 165 cm³/mol. The highest BCUT2D eigenvalue weighted by Crippen LogP contribution is 2.63. The molecule has 1 N–H and O–H groups in total. The van der Waals surface area contributed by atoms with Crippen LogP contribution >= 0.6 is 15.9 Å². The Kier molecular flexibility index (Phi) is 6.43. The van der Waals surface area contributed by atoms with Crippen LogP contribution in [0.1, 0.15) is 38.5 Å². The fraction of sp³-hybridized carbons (Fsp3) is 0.152. The van der Waals surface area contributed by atoms with Gasteiger partial charge in [-0.2, -0.15) is 5.10 Å². The number of carbonyl (C=O) groups is 3. The molecule has 8 rings (SSSR count). The van der Waals surface area contributed by atoms with E-state index in [1.807, 2.05) is 48.5 Å². The molecule has 2 atom stereocenters. The van der Waals surface area contributed by atoms with E-state index in [0.717, 1.165) is 32.8 Å². The minimum Gasteiger partial charge on any atom is -0.496 e. The molecule has 0 aromatic heterocycles. The first-order valence-electron chi connectivity index (χ1n) is 13.8. The fourth-order valence-electron chi connectivity index (χ4n) is 7.13. The molecule has 218 valence electrons. The number of amides is 3. The Hall–Kier alpha value is -5.16. The number of anilines is 1. The van der Waals surface area contributed by atoms with Crippen LogP contribution in [-0.2, 0) is 15.0 Å². The van der Waals surface area contributed by atoms with Gasteiger partial charge in [0.1, 0.15) is 5.75 Å². The van der Waals surface area contributed by atoms with E-state index in [9.17, 15) is 24.5 Å². The average molecular weight is 651 g/mol. The first kappa shape index (κ1) is 27.7. The zero-order valence-corrected chi connectivity index (χ0v) is 24.7. The molecule has 11 heteroatoms. The number of hydrogen-bond acceptors (Lipinski definition) is 7. The summed E-state index contributed by atoms with van der Waals surface area (Å²) in [6.07, 6.45) is 1.54. The van der Waals surface area contributed by atoms with Crippen molar-refractivity contribution >= 4 is 51.2 Å². The number of methoxy groups -OCH3 is 1. The van der Waals surface area contributed by atoms with Gasteiger partial charge in [-0.3, -0.25) is 24.5 Å². The highest BCUT2D eigenvalue weighted by atomic mass is 79.9. The molecule has 0 spiro atoms. The van der Waals surface area contributed by atoms with E-state index >= 15 is 0 Å². The molecule has 0 saturated carbocycles. The Bertz CT molecular complexity index is 1880. The highest BCUT2D eigenvalue weighted by molar-refractivity contribution is 9.10. The molecule has 44 heavy (non-hydrogen) atoms. The van der Waals surface area contributed by atoms with Crippen LogP contribution < -0.4 is 15.1 Å². The zero-order valence-electron chi connectivity index (χ0n) is 23.1. The fourth-order valence-corrected chi connectivity index (χ4v) is 7.40. The maximum atomic E-state index is 14.4. The standard InChI is InChI=1S/C33H23BrN4O6/c1-44-26-15-14-20(38(42)43)16-23(26)30(39)36-35-17-33-24-8-4-2-6-21(24)27(22-7-3-5-9-25(22)33)28-29(33)32(41)37(31(28)40)19-12-10-18(34)11-13-19/h2-17,27-29H,1H3,(H,36,39)/b35-17-/t27?,28-,29-,33?/m1/s1. The number of hydrazone groups is 1. The molecule has 3 amide bonds. The summed E-state index contributed by atoms with van der Waals surface area (Å²) in [5.41, 5.74) is 4.92. The van der Waals surface area contributed by atoms with Crippen molar-refractivity contribution in [1.82, 2.24) is 5.43 Å². The Balaban J connectivity index is 1.37. The maximum Gasteiger partial charge on any atom is 0.275 e. The summed E-state index contributed by atoms with van der Waals surface area (Å²) in [6.45, 7) is 0. The molecule has 4 aliphatic rings. The van der Waals surface area contributed by atoms with Crippen LogP contribution in [0.5, 0.6) is 5.75 Å². The lowest BCUT2D eigenvalue weighted by Gasteiger charge is -2.52. The van der Waals surface area contributed by atoms with Crippen LogP contribution in [0.3, 0.4) is 0 Å². The lowest BCUT2D eigenvalue weighted by molar-refractivity contribution is -0.384.